The lowest BCUT2D eigenvalue weighted by Crippen LogP contribution is -2.40. The quantitative estimate of drug-likeness (QED) is 0.371. The first-order valence-electron chi connectivity index (χ1n) is 9.28. The monoisotopic (exact) mass is 328 g/mol. The molecule has 0 atom stereocenters. The molecule has 0 saturated heterocycles. The SMILES string of the molecule is CCCCCCN(CCCCCC)CC(=O)NCC(=O)OCC. The predicted molar refractivity (Wildman–Crippen MR) is 94.4 cm³/mol. The molecule has 5 heteroatoms. The zero-order chi connectivity index (χ0) is 17.3. The molecule has 0 aromatic heterocycles. The van der Waals surface area contributed by atoms with Gasteiger partial charge in [-0.15, -0.1) is 0 Å². The Bertz CT molecular complexity index is 297. The topological polar surface area (TPSA) is 58.6 Å². The van der Waals surface area contributed by atoms with E-state index in [1.807, 2.05) is 0 Å². The third-order valence-corrected chi connectivity index (χ3v) is 3.76. The predicted octanol–water partition coefficient (Wildman–Crippen LogP) is 3.13. The lowest BCUT2D eigenvalue weighted by Gasteiger charge is -2.21. The molecule has 5 nitrogen and oxygen atoms in total. The number of esters is 1. The molecule has 0 rings (SSSR count). The number of ether oxygens (including phenoxy) is 1. The van der Waals surface area contributed by atoms with Crippen molar-refractivity contribution >= 4 is 11.9 Å². The summed E-state index contributed by atoms with van der Waals surface area (Å²) in [4.78, 5) is 25.5. The summed E-state index contributed by atoms with van der Waals surface area (Å²) < 4.78 is 4.81. The molecule has 0 heterocycles. The largest absolute Gasteiger partial charge is 0.465 e. The smallest absolute Gasteiger partial charge is 0.325 e. The third kappa shape index (κ3) is 14.2. The number of nitrogens with zero attached hydrogens (tertiary/aromatic N) is 1. The van der Waals surface area contributed by atoms with Crippen molar-refractivity contribution in [3.63, 3.8) is 0 Å². The third-order valence-electron chi connectivity index (χ3n) is 3.76. The molecule has 23 heavy (non-hydrogen) atoms. The molecule has 1 amide bonds. The van der Waals surface area contributed by atoms with Crippen LogP contribution < -0.4 is 5.32 Å². The minimum Gasteiger partial charge on any atom is -0.465 e. The van der Waals surface area contributed by atoms with E-state index >= 15 is 0 Å². The van der Waals surface area contributed by atoms with E-state index in [9.17, 15) is 9.59 Å². The van der Waals surface area contributed by atoms with Gasteiger partial charge in [0.2, 0.25) is 5.91 Å². The first kappa shape index (κ1) is 21.9. The van der Waals surface area contributed by atoms with Crippen LogP contribution in [0.15, 0.2) is 0 Å². The van der Waals surface area contributed by atoms with Crippen LogP contribution in [0.3, 0.4) is 0 Å². The van der Waals surface area contributed by atoms with Crippen LogP contribution in [0.1, 0.15) is 72.1 Å². The highest BCUT2D eigenvalue weighted by atomic mass is 16.5. The van der Waals surface area contributed by atoms with E-state index in [4.69, 9.17) is 4.74 Å². The average molecular weight is 328 g/mol. The molecule has 0 radical (unpaired) electrons. The van der Waals surface area contributed by atoms with Crippen LogP contribution in [0.25, 0.3) is 0 Å². The van der Waals surface area contributed by atoms with Crippen molar-refractivity contribution in [3.05, 3.63) is 0 Å². The zero-order valence-electron chi connectivity index (χ0n) is 15.4. The molecule has 1 N–H and O–H groups in total. The Balaban J connectivity index is 4.08. The Kier molecular flexibility index (Phi) is 15.0. The van der Waals surface area contributed by atoms with E-state index in [0.29, 0.717) is 13.2 Å². The number of rotatable bonds is 15. The summed E-state index contributed by atoms with van der Waals surface area (Å²) in [6.45, 7) is 8.75. The molecular weight excluding hydrogens is 292 g/mol. The molecule has 0 spiro atoms. The number of unbranched alkanes of at least 4 members (excludes halogenated alkanes) is 6. The van der Waals surface area contributed by atoms with Crippen molar-refractivity contribution in [2.45, 2.75) is 72.1 Å². The second kappa shape index (κ2) is 15.8. The van der Waals surface area contributed by atoms with E-state index in [1.165, 1.54) is 38.5 Å². The van der Waals surface area contributed by atoms with Gasteiger partial charge in [-0.3, -0.25) is 14.5 Å². The molecule has 0 aromatic carbocycles. The number of carbonyl (C=O) groups excluding carboxylic acids is 2. The minimum atomic E-state index is -0.377. The lowest BCUT2D eigenvalue weighted by atomic mass is 10.1. The van der Waals surface area contributed by atoms with Crippen LogP contribution in [-0.4, -0.2) is 49.6 Å². The highest BCUT2D eigenvalue weighted by molar-refractivity contribution is 5.83. The summed E-state index contributed by atoms with van der Waals surface area (Å²) in [5.41, 5.74) is 0. The van der Waals surface area contributed by atoms with Gasteiger partial charge in [-0.05, 0) is 32.9 Å². The Labute approximate surface area is 142 Å². The number of hydrogen-bond donors (Lipinski definition) is 1. The van der Waals surface area contributed by atoms with E-state index in [1.54, 1.807) is 6.92 Å². The maximum absolute atomic E-state index is 12.0. The standard InChI is InChI=1S/C18H36N2O3/c1-4-7-9-11-13-20(14-12-10-8-5-2)16-17(21)19-15-18(22)23-6-3/h4-16H2,1-3H3,(H,19,21). The summed E-state index contributed by atoms with van der Waals surface area (Å²) in [5.74, 6) is -0.470. The molecule has 0 fully saturated rings. The van der Waals surface area contributed by atoms with Crippen molar-refractivity contribution < 1.29 is 14.3 Å². The number of nitrogens with one attached hydrogen (secondary N) is 1. The maximum Gasteiger partial charge on any atom is 0.325 e. The molecule has 0 bridgehead atoms. The number of hydrogen-bond acceptors (Lipinski definition) is 4. The van der Waals surface area contributed by atoms with E-state index in [-0.39, 0.29) is 18.4 Å². The Morgan fingerprint density at radius 3 is 1.91 bits per heavy atom. The molecule has 0 unspecified atom stereocenters. The van der Waals surface area contributed by atoms with Crippen molar-refractivity contribution in [1.29, 1.82) is 0 Å². The van der Waals surface area contributed by atoms with Crippen molar-refractivity contribution in [2.75, 3.05) is 32.8 Å². The number of carbonyl (C=O) groups is 2. The fraction of sp³-hybridized carbons (Fsp3) is 0.889. The van der Waals surface area contributed by atoms with Gasteiger partial charge >= 0.3 is 5.97 Å². The first-order chi connectivity index (χ1) is 11.1. The minimum absolute atomic E-state index is 0.0355. The van der Waals surface area contributed by atoms with Gasteiger partial charge in [-0.25, -0.2) is 0 Å². The van der Waals surface area contributed by atoms with Gasteiger partial charge < -0.3 is 10.1 Å². The highest BCUT2D eigenvalue weighted by Gasteiger charge is 2.11. The fourth-order valence-corrected chi connectivity index (χ4v) is 2.44. The maximum atomic E-state index is 12.0. The normalized spacial score (nSPS) is 10.8. The van der Waals surface area contributed by atoms with Gasteiger partial charge in [0.1, 0.15) is 6.54 Å². The van der Waals surface area contributed by atoms with Gasteiger partial charge in [-0.1, -0.05) is 52.4 Å². The molecule has 0 saturated carbocycles. The van der Waals surface area contributed by atoms with Crippen molar-refractivity contribution in [3.8, 4) is 0 Å². The van der Waals surface area contributed by atoms with Gasteiger partial charge in [0.25, 0.3) is 0 Å². The molecule has 0 aliphatic rings. The Morgan fingerprint density at radius 2 is 1.43 bits per heavy atom. The summed E-state index contributed by atoms with van der Waals surface area (Å²) in [5, 5.41) is 2.65. The van der Waals surface area contributed by atoms with Gasteiger partial charge in [-0.2, -0.15) is 0 Å². The molecule has 0 aliphatic heterocycles. The second-order valence-electron chi connectivity index (χ2n) is 5.98. The second-order valence-corrected chi connectivity index (χ2v) is 5.98. The molecule has 0 aromatic rings. The van der Waals surface area contributed by atoms with Gasteiger partial charge in [0.05, 0.1) is 13.2 Å². The summed E-state index contributed by atoms with van der Waals surface area (Å²) in [6.07, 6.45) is 9.63. The Morgan fingerprint density at radius 1 is 0.870 bits per heavy atom. The van der Waals surface area contributed by atoms with Crippen LogP contribution in [0.4, 0.5) is 0 Å². The van der Waals surface area contributed by atoms with Crippen LogP contribution in [0, 0.1) is 0 Å². The van der Waals surface area contributed by atoms with E-state index in [0.717, 1.165) is 25.9 Å². The van der Waals surface area contributed by atoms with Crippen molar-refractivity contribution in [2.24, 2.45) is 0 Å². The van der Waals surface area contributed by atoms with Crippen LogP contribution in [0.2, 0.25) is 0 Å². The lowest BCUT2D eigenvalue weighted by molar-refractivity contribution is -0.143. The van der Waals surface area contributed by atoms with Gasteiger partial charge in [0.15, 0.2) is 0 Å². The van der Waals surface area contributed by atoms with Crippen LogP contribution in [0.5, 0.6) is 0 Å². The van der Waals surface area contributed by atoms with Crippen LogP contribution in [-0.2, 0) is 14.3 Å². The summed E-state index contributed by atoms with van der Waals surface area (Å²) in [6, 6.07) is 0. The Hall–Kier alpha value is -1.10. The molecular formula is C18H36N2O3. The highest BCUT2D eigenvalue weighted by Crippen LogP contribution is 2.05. The summed E-state index contributed by atoms with van der Waals surface area (Å²) >= 11 is 0. The average Bonchev–Trinajstić information content (AvgIpc) is 2.53. The molecule has 136 valence electrons. The van der Waals surface area contributed by atoms with Crippen molar-refractivity contribution in [1.82, 2.24) is 10.2 Å². The van der Waals surface area contributed by atoms with E-state index in [2.05, 4.69) is 24.1 Å². The fourth-order valence-electron chi connectivity index (χ4n) is 2.44. The molecule has 0 aliphatic carbocycles. The van der Waals surface area contributed by atoms with Gasteiger partial charge in [0, 0.05) is 0 Å². The zero-order valence-corrected chi connectivity index (χ0v) is 15.4. The number of amides is 1. The summed E-state index contributed by atoms with van der Waals surface area (Å²) in [7, 11) is 0. The van der Waals surface area contributed by atoms with Crippen LogP contribution >= 0.6 is 0 Å². The van der Waals surface area contributed by atoms with E-state index < -0.39 is 0 Å². The first-order valence-corrected chi connectivity index (χ1v) is 9.28.